The van der Waals surface area contributed by atoms with Crippen LogP contribution >= 0.6 is 11.6 Å². The highest BCUT2D eigenvalue weighted by atomic mass is 35.5. The van der Waals surface area contributed by atoms with Gasteiger partial charge < -0.3 is 15.2 Å². The Morgan fingerprint density at radius 3 is 2.59 bits per heavy atom. The molecule has 6 heteroatoms. The van der Waals surface area contributed by atoms with Gasteiger partial charge in [0, 0.05) is 40.3 Å². The van der Waals surface area contributed by atoms with E-state index in [1.165, 1.54) is 0 Å². The number of fused-ring (bicyclic) bond motifs is 1. The zero-order chi connectivity index (χ0) is 23.7. The number of hydrogen-bond acceptors (Lipinski definition) is 3. The van der Waals surface area contributed by atoms with E-state index in [4.69, 9.17) is 11.6 Å². The highest BCUT2D eigenvalue weighted by molar-refractivity contribution is 6.31. The molecule has 0 aliphatic carbocycles. The molecule has 34 heavy (non-hydrogen) atoms. The second kappa shape index (κ2) is 9.35. The molecule has 0 saturated carbocycles. The van der Waals surface area contributed by atoms with Crippen LogP contribution in [0.3, 0.4) is 0 Å². The van der Waals surface area contributed by atoms with Gasteiger partial charge in [-0.05, 0) is 55.7 Å². The van der Waals surface area contributed by atoms with Gasteiger partial charge in [-0.25, -0.2) is 0 Å². The third kappa shape index (κ3) is 4.44. The van der Waals surface area contributed by atoms with E-state index in [1.807, 2.05) is 73.7 Å². The van der Waals surface area contributed by atoms with Crippen molar-refractivity contribution in [1.29, 1.82) is 0 Å². The summed E-state index contributed by atoms with van der Waals surface area (Å²) in [5, 5.41) is 4.54. The molecule has 1 amide bonds. The maximum absolute atomic E-state index is 13.4. The summed E-state index contributed by atoms with van der Waals surface area (Å²) in [7, 11) is 0. The van der Waals surface area contributed by atoms with E-state index in [9.17, 15) is 9.59 Å². The molecule has 5 nitrogen and oxygen atoms in total. The minimum atomic E-state index is -0.215. The monoisotopic (exact) mass is 471 g/mol. The Morgan fingerprint density at radius 2 is 1.82 bits per heavy atom. The lowest BCUT2D eigenvalue weighted by Gasteiger charge is -2.34. The Balaban J connectivity index is 1.53. The number of halogens is 1. The Morgan fingerprint density at radius 1 is 1.06 bits per heavy atom. The fraction of sp³-hybridized carbons (Fsp3) is 0.214. The highest BCUT2D eigenvalue weighted by Gasteiger charge is 2.29. The number of aryl methyl sites for hydroxylation is 1. The molecule has 3 aromatic carbocycles. The highest BCUT2D eigenvalue weighted by Crippen LogP contribution is 2.37. The van der Waals surface area contributed by atoms with Crippen molar-refractivity contribution >= 4 is 39.8 Å². The Labute approximate surface area is 203 Å². The molecule has 1 saturated heterocycles. The predicted octanol–water partition coefficient (Wildman–Crippen LogP) is 6.01. The lowest BCUT2D eigenvalue weighted by atomic mass is 9.93. The smallest absolute Gasteiger partial charge is 0.272 e. The number of nitrogens with zero attached hydrogens (tertiary/aromatic N) is 1. The molecule has 1 atom stereocenters. The number of carbonyl (C=O) groups is 1. The number of amides is 1. The van der Waals surface area contributed by atoms with E-state index in [2.05, 4.69) is 15.2 Å². The summed E-state index contributed by atoms with van der Waals surface area (Å²) in [5.74, 6) is -0.233. The van der Waals surface area contributed by atoms with Crippen molar-refractivity contribution in [2.45, 2.75) is 19.8 Å². The van der Waals surface area contributed by atoms with Gasteiger partial charge >= 0.3 is 0 Å². The first-order valence-corrected chi connectivity index (χ1v) is 11.9. The van der Waals surface area contributed by atoms with Crippen LogP contribution in [-0.2, 0) is 4.79 Å². The lowest BCUT2D eigenvalue weighted by molar-refractivity contribution is -0.120. The molecule has 1 aliphatic heterocycles. The number of benzene rings is 3. The van der Waals surface area contributed by atoms with Crippen LogP contribution in [0.25, 0.3) is 22.0 Å². The van der Waals surface area contributed by atoms with Gasteiger partial charge in [-0.15, -0.1) is 0 Å². The number of H-pyrrole nitrogens is 1. The lowest BCUT2D eigenvalue weighted by Crippen LogP contribution is -2.43. The predicted molar refractivity (Wildman–Crippen MR) is 140 cm³/mol. The topological polar surface area (TPSA) is 65.2 Å². The molecule has 0 spiro atoms. The second-order valence-electron chi connectivity index (χ2n) is 8.87. The van der Waals surface area contributed by atoms with Crippen LogP contribution in [0.4, 0.5) is 11.4 Å². The Hall–Kier alpha value is -3.57. The molecule has 4 aromatic rings. The number of anilines is 2. The average Bonchev–Trinajstić information content (AvgIpc) is 2.85. The zero-order valence-electron chi connectivity index (χ0n) is 19.0. The molecule has 2 heterocycles. The first-order valence-electron chi connectivity index (χ1n) is 11.5. The van der Waals surface area contributed by atoms with Gasteiger partial charge in [0.05, 0.1) is 5.92 Å². The van der Waals surface area contributed by atoms with Gasteiger partial charge in [-0.2, -0.15) is 0 Å². The number of aromatic nitrogens is 1. The van der Waals surface area contributed by atoms with Gasteiger partial charge in [-0.1, -0.05) is 59.6 Å². The molecule has 5 rings (SSSR count). The molecule has 0 bridgehead atoms. The summed E-state index contributed by atoms with van der Waals surface area (Å²) >= 11 is 6.35. The van der Waals surface area contributed by atoms with Crippen LogP contribution in [0.2, 0.25) is 5.02 Å². The number of carbonyl (C=O) groups excluding carboxylic acids is 1. The average molecular weight is 472 g/mol. The van der Waals surface area contributed by atoms with E-state index < -0.39 is 0 Å². The molecule has 1 fully saturated rings. The molecular weight excluding hydrogens is 446 g/mol. The molecule has 0 radical (unpaired) electrons. The third-order valence-electron chi connectivity index (χ3n) is 6.44. The van der Waals surface area contributed by atoms with E-state index >= 15 is 0 Å². The van der Waals surface area contributed by atoms with E-state index in [1.54, 1.807) is 6.07 Å². The molecule has 2 N–H and O–H groups in total. The van der Waals surface area contributed by atoms with Crippen molar-refractivity contribution in [2.75, 3.05) is 23.3 Å². The SMILES string of the molecule is Cc1ccc(NC(=O)C2CCCN(c3c(-c4ccccc4)c4cc(Cl)ccc4[nH]c3=O)C2)cc1. The maximum atomic E-state index is 13.4. The number of pyridine rings is 1. The summed E-state index contributed by atoms with van der Waals surface area (Å²) in [5.41, 5.74) is 4.90. The molecule has 1 aliphatic rings. The molecule has 1 aromatic heterocycles. The first kappa shape index (κ1) is 22.2. The number of hydrogen-bond donors (Lipinski definition) is 2. The van der Waals surface area contributed by atoms with Gasteiger partial charge in [0.15, 0.2) is 0 Å². The fourth-order valence-electron chi connectivity index (χ4n) is 4.73. The van der Waals surface area contributed by atoms with E-state index in [0.717, 1.165) is 46.1 Å². The van der Waals surface area contributed by atoms with E-state index in [0.29, 0.717) is 23.8 Å². The van der Waals surface area contributed by atoms with Crippen LogP contribution in [0.15, 0.2) is 77.6 Å². The normalized spacial score (nSPS) is 15.9. The van der Waals surface area contributed by atoms with Crippen molar-refractivity contribution in [3.8, 4) is 11.1 Å². The number of rotatable bonds is 4. The van der Waals surface area contributed by atoms with Crippen LogP contribution in [0.1, 0.15) is 18.4 Å². The van der Waals surface area contributed by atoms with Crippen molar-refractivity contribution < 1.29 is 4.79 Å². The summed E-state index contributed by atoms with van der Waals surface area (Å²) in [6, 6.07) is 23.2. The minimum Gasteiger partial charge on any atom is -0.366 e. The van der Waals surface area contributed by atoms with Gasteiger partial charge in [0.25, 0.3) is 5.56 Å². The maximum Gasteiger partial charge on any atom is 0.272 e. The quantitative estimate of drug-likeness (QED) is 0.383. The van der Waals surface area contributed by atoms with Gasteiger partial charge in [-0.3, -0.25) is 9.59 Å². The molecule has 1 unspecified atom stereocenters. The number of piperidine rings is 1. The summed E-state index contributed by atoms with van der Waals surface area (Å²) in [6.45, 7) is 3.21. The largest absolute Gasteiger partial charge is 0.366 e. The van der Waals surface area contributed by atoms with Crippen LogP contribution in [-0.4, -0.2) is 24.0 Å². The van der Waals surface area contributed by atoms with Crippen LogP contribution in [0.5, 0.6) is 0 Å². The van der Waals surface area contributed by atoms with Gasteiger partial charge in [0.2, 0.25) is 5.91 Å². The Bertz CT molecular complexity index is 1400. The number of nitrogens with one attached hydrogen (secondary N) is 2. The Kier molecular flexibility index (Phi) is 6.12. The fourth-order valence-corrected chi connectivity index (χ4v) is 4.90. The van der Waals surface area contributed by atoms with Crippen molar-refractivity contribution in [3.05, 3.63) is 93.7 Å². The van der Waals surface area contributed by atoms with E-state index in [-0.39, 0.29) is 17.4 Å². The number of aromatic amines is 1. The van der Waals surface area contributed by atoms with Crippen LogP contribution < -0.4 is 15.8 Å². The first-order chi connectivity index (χ1) is 16.5. The second-order valence-corrected chi connectivity index (χ2v) is 9.31. The standard InChI is InChI=1S/C28H26ClN3O2/c1-18-9-12-22(13-10-18)30-27(33)20-8-5-15-32(17-20)26-25(19-6-3-2-4-7-19)23-16-21(29)11-14-24(23)31-28(26)34/h2-4,6-7,9-14,16,20H,5,8,15,17H2,1H3,(H,30,33)(H,31,34). The third-order valence-corrected chi connectivity index (χ3v) is 6.68. The van der Waals surface area contributed by atoms with Crippen molar-refractivity contribution in [2.24, 2.45) is 5.92 Å². The summed E-state index contributed by atoms with van der Waals surface area (Å²) < 4.78 is 0. The zero-order valence-corrected chi connectivity index (χ0v) is 19.7. The van der Waals surface area contributed by atoms with Gasteiger partial charge in [0.1, 0.15) is 5.69 Å². The van der Waals surface area contributed by atoms with Crippen LogP contribution in [0, 0.1) is 12.8 Å². The van der Waals surface area contributed by atoms with Crippen molar-refractivity contribution in [3.63, 3.8) is 0 Å². The minimum absolute atomic E-state index is 0.0184. The molecular formula is C28H26ClN3O2. The summed E-state index contributed by atoms with van der Waals surface area (Å²) in [6.07, 6.45) is 1.61. The van der Waals surface area contributed by atoms with Crippen molar-refractivity contribution in [1.82, 2.24) is 4.98 Å². The molecule has 172 valence electrons. The summed E-state index contributed by atoms with van der Waals surface area (Å²) in [4.78, 5) is 31.6.